The average molecular weight is 361 g/mol. The second-order valence-electron chi connectivity index (χ2n) is 6.90. The third-order valence-corrected chi connectivity index (χ3v) is 4.98. The Morgan fingerprint density at radius 1 is 1.11 bits per heavy atom. The van der Waals surface area contributed by atoms with E-state index >= 15 is 0 Å². The van der Waals surface area contributed by atoms with Gasteiger partial charge in [0.1, 0.15) is 0 Å². The molecule has 1 aliphatic rings. The minimum absolute atomic E-state index is 0.0139. The van der Waals surface area contributed by atoms with Crippen LogP contribution in [-0.4, -0.2) is 53.3 Å². The molecule has 0 atom stereocenters. The zero-order chi connectivity index (χ0) is 18.8. The number of aryl methyl sites for hydroxylation is 1. The van der Waals surface area contributed by atoms with E-state index in [1.54, 1.807) is 0 Å². The largest absolute Gasteiger partial charge is 0.379 e. The van der Waals surface area contributed by atoms with Crippen LogP contribution < -0.4 is 0 Å². The van der Waals surface area contributed by atoms with Crippen LogP contribution in [0.15, 0.2) is 55.1 Å². The third kappa shape index (κ3) is 3.70. The van der Waals surface area contributed by atoms with Gasteiger partial charge in [-0.3, -0.25) is 9.69 Å². The molecule has 1 saturated heterocycles. The Labute approximate surface area is 158 Å². The van der Waals surface area contributed by atoms with E-state index in [4.69, 9.17) is 4.74 Å². The Bertz CT molecular complexity index is 1000. The summed E-state index contributed by atoms with van der Waals surface area (Å²) in [6.45, 7) is 9.28. The van der Waals surface area contributed by atoms with Gasteiger partial charge in [-0.05, 0) is 35.9 Å². The van der Waals surface area contributed by atoms with Crippen LogP contribution in [0.5, 0.6) is 0 Å². The maximum atomic E-state index is 12.6. The second-order valence-corrected chi connectivity index (χ2v) is 6.90. The van der Waals surface area contributed by atoms with Gasteiger partial charge in [-0.25, -0.2) is 4.68 Å². The monoisotopic (exact) mass is 361 g/mol. The second kappa shape index (κ2) is 7.47. The van der Waals surface area contributed by atoms with Crippen molar-refractivity contribution in [2.45, 2.75) is 6.92 Å². The van der Waals surface area contributed by atoms with Gasteiger partial charge in [-0.15, -0.1) is 0 Å². The molecule has 0 spiro atoms. The van der Waals surface area contributed by atoms with Crippen LogP contribution in [0.3, 0.4) is 0 Å². The first-order chi connectivity index (χ1) is 13.1. The minimum atomic E-state index is 0.0139. The summed E-state index contributed by atoms with van der Waals surface area (Å²) < 4.78 is 7.20. The van der Waals surface area contributed by atoms with Gasteiger partial charge in [0.2, 0.25) is 0 Å². The van der Waals surface area contributed by atoms with Gasteiger partial charge in [0, 0.05) is 24.4 Å². The molecule has 5 heteroatoms. The smallest absolute Gasteiger partial charge is 0.178 e. The van der Waals surface area contributed by atoms with Gasteiger partial charge in [0.25, 0.3) is 0 Å². The van der Waals surface area contributed by atoms with Crippen LogP contribution in [-0.2, 0) is 9.53 Å². The number of morpholine rings is 1. The number of ketones is 1. The van der Waals surface area contributed by atoms with Crippen molar-refractivity contribution in [1.29, 1.82) is 0 Å². The van der Waals surface area contributed by atoms with Crippen LogP contribution in [0.25, 0.3) is 22.0 Å². The van der Waals surface area contributed by atoms with Crippen LogP contribution >= 0.6 is 0 Å². The number of ether oxygens (including phenoxy) is 1. The fourth-order valence-corrected chi connectivity index (χ4v) is 3.39. The SMILES string of the molecule is C=C(C(=O)CN1CCOCC1)c1cc(C)n(-c2ccc3ccccc3c2)n1. The normalized spacial score (nSPS) is 15.1. The first-order valence-corrected chi connectivity index (χ1v) is 9.20. The predicted octanol–water partition coefficient (Wildman–Crippen LogP) is 3.25. The number of hydrogen-bond donors (Lipinski definition) is 0. The number of nitrogens with zero attached hydrogens (tertiary/aromatic N) is 3. The molecule has 1 aliphatic heterocycles. The topological polar surface area (TPSA) is 47.4 Å². The number of benzene rings is 2. The number of rotatable bonds is 5. The molecule has 0 bridgehead atoms. The molecule has 0 aliphatic carbocycles. The Morgan fingerprint density at radius 3 is 2.63 bits per heavy atom. The summed E-state index contributed by atoms with van der Waals surface area (Å²) in [5, 5.41) is 7.01. The van der Waals surface area contributed by atoms with Gasteiger partial charge in [0.15, 0.2) is 5.78 Å². The van der Waals surface area contributed by atoms with Crippen molar-refractivity contribution in [3.8, 4) is 5.69 Å². The molecule has 2 aromatic carbocycles. The van der Waals surface area contributed by atoms with Gasteiger partial charge in [0.05, 0.1) is 31.1 Å². The van der Waals surface area contributed by atoms with Crippen LogP contribution in [0.4, 0.5) is 0 Å². The molecule has 2 heterocycles. The zero-order valence-electron chi connectivity index (χ0n) is 15.5. The summed E-state index contributed by atoms with van der Waals surface area (Å²) in [6, 6.07) is 16.4. The molecule has 1 fully saturated rings. The standard InChI is InChI=1S/C22H23N3O2/c1-16-13-21(17(2)22(26)15-24-9-11-27-12-10-24)23-25(16)20-8-7-18-5-3-4-6-19(18)14-20/h3-8,13-14H,2,9-12,15H2,1H3. The first kappa shape index (κ1) is 17.6. The van der Waals surface area contributed by atoms with E-state index in [1.165, 1.54) is 5.39 Å². The third-order valence-electron chi connectivity index (χ3n) is 4.98. The van der Waals surface area contributed by atoms with E-state index in [9.17, 15) is 4.79 Å². The van der Waals surface area contributed by atoms with Crippen LogP contribution in [0, 0.1) is 6.92 Å². The summed E-state index contributed by atoms with van der Waals surface area (Å²) >= 11 is 0. The van der Waals surface area contributed by atoms with Gasteiger partial charge < -0.3 is 4.74 Å². The van der Waals surface area contributed by atoms with Crippen LogP contribution in [0.2, 0.25) is 0 Å². The van der Waals surface area contributed by atoms with Crippen molar-refractivity contribution in [3.63, 3.8) is 0 Å². The van der Waals surface area contributed by atoms with Crippen LogP contribution in [0.1, 0.15) is 11.4 Å². The molecule has 0 N–H and O–H groups in total. The lowest BCUT2D eigenvalue weighted by Gasteiger charge is -2.25. The zero-order valence-corrected chi connectivity index (χ0v) is 15.5. The quantitative estimate of drug-likeness (QED) is 0.655. The van der Waals surface area contributed by atoms with Crippen molar-refractivity contribution in [3.05, 3.63) is 66.5 Å². The minimum Gasteiger partial charge on any atom is -0.379 e. The number of Topliss-reactive ketones (excluding diaryl/α,β-unsaturated/α-hetero) is 1. The van der Waals surface area contributed by atoms with Gasteiger partial charge in [-0.1, -0.05) is 36.9 Å². The molecule has 3 aromatic rings. The first-order valence-electron chi connectivity index (χ1n) is 9.20. The maximum absolute atomic E-state index is 12.6. The molecular formula is C22H23N3O2. The van der Waals surface area contributed by atoms with Gasteiger partial charge in [-0.2, -0.15) is 5.10 Å². The Hall–Kier alpha value is -2.76. The van der Waals surface area contributed by atoms with E-state index in [2.05, 4.69) is 40.8 Å². The molecule has 27 heavy (non-hydrogen) atoms. The van der Waals surface area contributed by atoms with E-state index in [0.29, 0.717) is 31.0 Å². The summed E-state index contributed by atoms with van der Waals surface area (Å²) in [7, 11) is 0. The van der Waals surface area contributed by atoms with Crippen molar-refractivity contribution in [1.82, 2.24) is 14.7 Å². The summed E-state index contributed by atoms with van der Waals surface area (Å²) in [5.41, 5.74) is 3.05. The molecule has 4 rings (SSSR count). The number of carbonyl (C=O) groups excluding carboxylic acids is 1. The molecule has 5 nitrogen and oxygen atoms in total. The number of carbonyl (C=O) groups is 1. The van der Waals surface area contributed by atoms with E-state index in [1.807, 2.05) is 35.9 Å². The Balaban J connectivity index is 1.56. The summed E-state index contributed by atoms with van der Waals surface area (Å²) in [4.78, 5) is 14.7. The van der Waals surface area contributed by atoms with Crippen molar-refractivity contribution < 1.29 is 9.53 Å². The number of aromatic nitrogens is 2. The van der Waals surface area contributed by atoms with Crippen molar-refractivity contribution in [2.24, 2.45) is 0 Å². The highest BCUT2D eigenvalue weighted by molar-refractivity contribution is 6.20. The molecule has 1 aromatic heterocycles. The Morgan fingerprint density at radius 2 is 1.85 bits per heavy atom. The highest BCUT2D eigenvalue weighted by Gasteiger charge is 2.19. The van der Waals surface area contributed by atoms with Crippen molar-refractivity contribution in [2.75, 3.05) is 32.8 Å². The fraction of sp³-hybridized carbons (Fsp3) is 0.273. The van der Waals surface area contributed by atoms with Gasteiger partial charge >= 0.3 is 0 Å². The summed E-state index contributed by atoms with van der Waals surface area (Å²) in [5.74, 6) is 0.0139. The molecule has 138 valence electrons. The van der Waals surface area contributed by atoms with E-state index in [-0.39, 0.29) is 5.78 Å². The molecular weight excluding hydrogens is 338 g/mol. The summed E-state index contributed by atoms with van der Waals surface area (Å²) in [6.07, 6.45) is 0. The van der Waals surface area contributed by atoms with E-state index < -0.39 is 0 Å². The lowest BCUT2D eigenvalue weighted by Crippen LogP contribution is -2.39. The Kier molecular flexibility index (Phi) is 4.88. The highest BCUT2D eigenvalue weighted by atomic mass is 16.5. The lowest BCUT2D eigenvalue weighted by molar-refractivity contribution is -0.115. The molecule has 0 radical (unpaired) electrons. The predicted molar refractivity (Wildman–Crippen MR) is 107 cm³/mol. The van der Waals surface area contributed by atoms with Crippen molar-refractivity contribution >= 4 is 22.1 Å². The maximum Gasteiger partial charge on any atom is 0.178 e. The average Bonchev–Trinajstić information content (AvgIpc) is 3.09. The molecule has 0 amide bonds. The number of fused-ring (bicyclic) bond motifs is 1. The molecule has 0 saturated carbocycles. The fourth-order valence-electron chi connectivity index (χ4n) is 3.39. The number of hydrogen-bond acceptors (Lipinski definition) is 4. The molecule has 0 unspecified atom stereocenters. The van der Waals surface area contributed by atoms with E-state index in [0.717, 1.165) is 29.9 Å². The lowest BCUT2D eigenvalue weighted by atomic mass is 10.1. The highest BCUT2D eigenvalue weighted by Crippen LogP contribution is 2.22.